The molecule has 0 saturated carbocycles. The lowest BCUT2D eigenvalue weighted by Crippen LogP contribution is -2.28. The molecule has 1 aliphatic heterocycles. The van der Waals surface area contributed by atoms with Crippen LogP contribution in [0.3, 0.4) is 0 Å². The molecule has 2 nitrogen and oxygen atoms in total. The van der Waals surface area contributed by atoms with Crippen molar-refractivity contribution in [3.05, 3.63) is 0 Å². The summed E-state index contributed by atoms with van der Waals surface area (Å²) in [6.07, 6.45) is 19.7. The van der Waals surface area contributed by atoms with Gasteiger partial charge in [-0.1, -0.05) is 58.3 Å². The summed E-state index contributed by atoms with van der Waals surface area (Å²) in [5, 5.41) is 3.50. The van der Waals surface area contributed by atoms with E-state index in [1.54, 1.807) is 0 Å². The predicted octanol–water partition coefficient (Wildman–Crippen LogP) is 5.45. The molecule has 2 atom stereocenters. The van der Waals surface area contributed by atoms with Gasteiger partial charge in [-0.25, -0.2) is 0 Å². The number of nitrogens with one attached hydrogen (secondary N) is 1. The van der Waals surface area contributed by atoms with E-state index in [0.717, 1.165) is 6.61 Å². The first kappa shape index (κ1) is 19.0. The number of unbranched alkanes of at least 4 members (excludes halogenated alkanes) is 7. The zero-order chi connectivity index (χ0) is 15.2. The summed E-state index contributed by atoms with van der Waals surface area (Å²) in [5.74, 6) is 0. The van der Waals surface area contributed by atoms with E-state index in [1.165, 1.54) is 89.9 Å². The Bertz CT molecular complexity index is 214. The highest BCUT2D eigenvalue weighted by Gasteiger charge is 2.15. The summed E-state index contributed by atoms with van der Waals surface area (Å²) in [6.45, 7) is 3.28. The van der Waals surface area contributed by atoms with Gasteiger partial charge in [0.05, 0.1) is 6.10 Å². The van der Waals surface area contributed by atoms with Crippen molar-refractivity contribution in [2.75, 3.05) is 13.7 Å². The fraction of sp³-hybridized carbons (Fsp3) is 1.00. The van der Waals surface area contributed by atoms with Crippen molar-refractivity contribution in [3.8, 4) is 0 Å². The van der Waals surface area contributed by atoms with E-state index in [1.807, 2.05) is 0 Å². The Morgan fingerprint density at radius 2 is 1.67 bits per heavy atom. The first-order valence-electron chi connectivity index (χ1n) is 9.65. The number of hydrogen-bond acceptors (Lipinski definition) is 2. The van der Waals surface area contributed by atoms with Gasteiger partial charge in [0.1, 0.15) is 0 Å². The number of hydrogen-bond donors (Lipinski definition) is 1. The lowest BCUT2D eigenvalue weighted by Gasteiger charge is -2.24. The van der Waals surface area contributed by atoms with Gasteiger partial charge in [-0.15, -0.1) is 0 Å². The predicted molar refractivity (Wildman–Crippen MR) is 92.9 cm³/mol. The van der Waals surface area contributed by atoms with Gasteiger partial charge >= 0.3 is 0 Å². The Labute approximate surface area is 133 Å². The summed E-state index contributed by atoms with van der Waals surface area (Å²) < 4.78 is 5.83. The third-order valence-electron chi connectivity index (χ3n) is 4.93. The van der Waals surface area contributed by atoms with Crippen LogP contribution in [0.15, 0.2) is 0 Å². The molecule has 0 aromatic heterocycles. The molecule has 0 amide bonds. The molecule has 0 spiro atoms. The topological polar surface area (TPSA) is 21.3 Å². The van der Waals surface area contributed by atoms with Crippen molar-refractivity contribution in [2.45, 2.75) is 109 Å². The minimum atomic E-state index is 0.549. The van der Waals surface area contributed by atoms with E-state index >= 15 is 0 Å². The molecule has 0 radical (unpaired) electrons. The third-order valence-corrected chi connectivity index (χ3v) is 4.93. The fourth-order valence-corrected chi connectivity index (χ4v) is 3.38. The fourth-order valence-electron chi connectivity index (χ4n) is 3.38. The van der Waals surface area contributed by atoms with Gasteiger partial charge in [0, 0.05) is 12.6 Å². The lowest BCUT2D eigenvalue weighted by molar-refractivity contribution is 0.00853. The molecule has 2 unspecified atom stereocenters. The van der Waals surface area contributed by atoms with Gasteiger partial charge in [-0.05, 0) is 45.6 Å². The van der Waals surface area contributed by atoms with Crippen LogP contribution >= 0.6 is 0 Å². The largest absolute Gasteiger partial charge is 0.378 e. The third kappa shape index (κ3) is 10.3. The zero-order valence-electron chi connectivity index (χ0n) is 14.7. The second-order valence-electron chi connectivity index (χ2n) is 6.82. The van der Waals surface area contributed by atoms with Crippen LogP contribution in [0.4, 0.5) is 0 Å². The molecule has 0 aromatic carbocycles. The molecule has 1 saturated heterocycles. The number of ether oxygens (including phenoxy) is 1. The molecule has 1 rings (SSSR count). The van der Waals surface area contributed by atoms with Crippen LogP contribution in [-0.2, 0) is 4.74 Å². The van der Waals surface area contributed by atoms with Crippen LogP contribution in [-0.4, -0.2) is 25.8 Å². The van der Waals surface area contributed by atoms with E-state index in [-0.39, 0.29) is 0 Å². The van der Waals surface area contributed by atoms with Crippen molar-refractivity contribution >= 4 is 0 Å². The molecule has 1 fully saturated rings. The van der Waals surface area contributed by atoms with Gasteiger partial charge in [-0.2, -0.15) is 0 Å². The lowest BCUT2D eigenvalue weighted by atomic mass is 9.98. The Hall–Kier alpha value is -0.0800. The van der Waals surface area contributed by atoms with E-state index in [0.29, 0.717) is 12.1 Å². The minimum absolute atomic E-state index is 0.549. The molecule has 2 heteroatoms. The smallest absolute Gasteiger partial charge is 0.0575 e. The standard InChI is InChI=1S/C19H39NO/c1-3-4-5-6-7-8-9-10-13-18(20-2)15-16-19-14-11-12-17-21-19/h18-20H,3-17H2,1-2H3. The Balaban J connectivity index is 1.92. The van der Waals surface area contributed by atoms with Crippen LogP contribution in [0, 0.1) is 0 Å². The summed E-state index contributed by atoms with van der Waals surface area (Å²) >= 11 is 0. The van der Waals surface area contributed by atoms with Crippen LogP contribution < -0.4 is 5.32 Å². The summed E-state index contributed by atoms with van der Waals surface area (Å²) in [4.78, 5) is 0. The Kier molecular flexibility index (Phi) is 12.3. The van der Waals surface area contributed by atoms with Gasteiger partial charge < -0.3 is 10.1 Å². The quantitative estimate of drug-likeness (QED) is 0.456. The van der Waals surface area contributed by atoms with Gasteiger partial charge in [0.15, 0.2) is 0 Å². The van der Waals surface area contributed by atoms with Crippen molar-refractivity contribution in [1.82, 2.24) is 5.32 Å². The molecular weight excluding hydrogens is 258 g/mol. The summed E-state index contributed by atoms with van der Waals surface area (Å²) in [6, 6.07) is 0.704. The van der Waals surface area contributed by atoms with Gasteiger partial charge in [-0.3, -0.25) is 0 Å². The molecule has 1 heterocycles. The van der Waals surface area contributed by atoms with E-state index < -0.39 is 0 Å². The normalized spacial score (nSPS) is 20.6. The SMILES string of the molecule is CCCCCCCCCCC(CCC1CCCCO1)NC. The van der Waals surface area contributed by atoms with E-state index in [9.17, 15) is 0 Å². The molecular formula is C19H39NO. The second-order valence-corrected chi connectivity index (χ2v) is 6.82. The van der Waals surface area contributed by atoms with E-state index in [2.05, 4.69) is 19.3 Å². The van der Waals surface area contributed by atoms with Crippen molar-refractivity contribution in [2.24, 2.45) is 0 Å². The molecule has 126 valence electrons. The Morgan fingerprint density at radius 1 is 0.952 bits per heavy atom. The molecule has 1 N–H and O–H groups in total. The molecule has 0 aliphatic carbocycles. The van der Waals surface area contributed by atoms with Crippen LogP contribution in [0.1, 0.15) is 96.8 Å². The van der Waals surface area contributed by atoms with Crippen molar-refractivity contribution in [3.63, 3.8) is 0 Å². The first-order valence-corrected chi connectivity index (χ1v) is 9.65. The van der Waals surface area contributed by atoms with E-state index in [4.69, 9.17) is 4.74 Å². The molecule has 1 aliphatic rings. The van der Waals surface area contributed by atoms with Crippen LogP contribution in [0.5, 0.6) is 0 Å². The van der Waals surface area contributed by atoms with Crippen molar-refractivity contribution in [1.29, 1.82) is 0 Å². The Morgan fingerprint density at radius 3 is 2.29 bits per heavy atom. The van der Waals surface area contributed by atoms with Crippen LogP contribution in [0.2, 0.25) is 0 Å². The first-order chi connectivity index (χ1) is 10.4. The maximum absolute atomic E-state index is 5.83. The molecule has 0 bridgehead atoms. The molecule has 0 aromatic rings. The maximum atomic E-state index is 5.83. The monoisotopic (exact) mass is 297 g/mol. The highest BCUT2D eigenvalue weighted by molar-refractivity contribution is 4.70. The number of rotatable bonds is 13. The van der Waals surface area contributed by atoms with Crippen molar-refractivity contribution < 1.29 is 4.74 Å². The highest BCUT2D eigenvalue weighted by Crippen LogP contribution is 2.19. The van der Waals surface area contributed by atoms with Crippen LogP contribution in [0.25, 0.3) is 0 Å². The maximum Gasteiger partial charge on any atom is 0.0575 e. The average Bonchev–Trinajstić information content (AvgIpc) is 2.54. The van der Waals surface area contributed by atoms with Gasteiger partial charge in [0.2, 0.25) is 0 Å². The highest BCUT2D eigenvalue weighted by atomic mass is 16.5. The second kappa shape index (κ2) is 13.6. The summed E-state index contributed by atoms with van der Waals surface area (Å²) in [5.41, 5.74) is 0. The van der Waals surface area contributed by atoms with Gasteiger partial charge in [0.25, 0.3) is 0 Å². The zero-order valence-corrected chi connectivity index (χ0v) is 14.7. The average molecular weight is 298 g/mol. The minimum Gasteiger partial charge on any atom is -0.378 e. The molecule has 21 heavy (non-hydrogen) atoms. The summed E-state index contributed by atoms with van der Waals surface area (Å²) in [7, 11) is 2.12.